The highest BCUT2D eigenvalue weighted by molar-refractivity contribution is 5.62. The van der Waals surface area contributed by atoms with Crippen LogP contribution in [-0.4, -0.2) is 23.6 Å². The molecule has 0 unspecified atom stereocenters. The monoisotopic (exact) mass is 286 g/mol. The minimum Gasteiger partial charge on any atom is -0.384 e. The van der Waals surface area contributed by atoms with Crippen LogP contribution >= 0.6 is 0 Å². The number of nitrogens with two attached hydrogens (primary N) is 1. The van der Waals surface area contributed by atoms with Crippen LogP contribution in [0.4, 0.5) is 17.3 Å². The summed E-state index contributed by atoms with van der Waals surface area (Å²) in [5, 5.41) is 0. The quantitative estimate of drug-likeness (QED) is 0.915. The first-order chi connectivity index (χ1) is 9.99. The molecule has 2 aromatic rings. The maximum Gasteiger partial charge on any atom is 0.158 e. The molecule has 0 radical (unpaired) electrons. The topological polar surface area (TPSA) is 64.3 Å². The molecule has 2 rings (SSSR count). The van der Waals surface area contributed by atoms with E-state index in [1.54, 1.807) is 6.07 Å². The highest BCUT2D eigenvalue weighted by Crippen LogP contribution is 2.25. The van der Waals surface area contributed by atoms with Gasteiger partial charge >= 0.3 is 0 Å². The van der Waals surface area contributed by atoms with Crippen LogP contribution in [-0.2, 0) is 11.3 Å². The van der Waals surface area contributed by atoms with Gasteiger partial charge < -0.3 is 15.4 Å². The van der Waals surface area contributed by atoms with Crippen molar-refractivity contribution >= 4 is 17.3 Å². The van der Waals surface area contributed by atoms with Crippen molar-refractivity contribution in [2.24, 2.45) is 0 Å². The zero-order chi connectivity index (χ0) is 15.4. The zero-order valence-electron chi connectivity index (χ0n) is 13.1. The van der Waals surface area contributed by atoms with E-state index in [1.165, 1.54) is 11.1 Å². The third-order valence-electron chi connectivity index (χ3n) is 3.15. The first-order valence-electron chi connectivity index (χ1n) is 7.02. The Bertz CT molecular complexity index is 607. The van der Waals surface area contributed by atoms with Crippen LogP contribution < -0.4 is 10.6 Å². The number of nitrogen functional groups attached to an aromatic ring is 1. The number of anilines is 3. The average Bonchev–Trinajstić information content (AvgIpc) is 2.42. The van der Waals surface area contributed by atoms with E-state index >= 15 is 0 Å². The van der Waals surface area contributed by atoms with E-state index in [1.807, 2.05) is 18.9 Å². The van der Waals surface area contributed by atoms with Crippen molar-refractivity contribution in [3.63, 3.8) is 0 Å². The molecule has 0 aliphatic carbocycles. The molecule has 0 amide bonds. The lowest BCUT2D eigenvalue weighted by Gasteiger charge is -2.20. The van der Waals surface area contributed by atoms with E-state index in [2.05, 4.69) is 42.0 Å². The largest absolute Gasteiger partial charge is 0.384 e. The van der Waals surface area contributed by atoms with Crippen molar-refractivity contribution in [2.45, 2.75) is 27.4 Å². The molecule has 21 heavy (non-hydrogen) atoms. The number of aromatic nitrogens is 2. The van der Waals surface area contributed by atoms with Crippen LogP contribution in [0.5, 0.6) is 0 Å². The van der Waals surface area contributed by atoms with Crippen LogP contribution in [0.3, 0.4) is 0 Å². The molecule has 5 nitrogen and oxygen atoms in total. The molecule has 0 atom stereocenters. The van der Waals surface area contributed by atoms with E-state index in [9.17, 15) is 0 Å². The van der Waals surface area contributed by atoms with Crippen molar-refractivity contribution in [2.75, 3.05) is 24.3 Å². The van der Waals surface area contributed by atoms with Crippen LogP contribution in [0.25, 0.3) is 0 Å². The van der Waals surface area contributed by atoms with Gasteiger partial charge in [0.05, 0.1) is 0 Å². The molecule has 112 valence electrons. The number of hydrogen-bond acceptors (Lipinski definition) is 5. The van der Waals surface area contributed by atoms with Gasteiger partial charge in [-0.05, 0) is 44.0 Å². The fraction of sp³-hybridized carbons (Fsp3) is 0.375. The summed E-state index contributed by atoms with van der Waals surface area (Å²) in [6, 6.07) is 8.15. The number of ether oxygens (including phenoxy) is 1. The highest BCUT2D eigenvalue weighted by Gasteiger charge is 2.10. The molecule has 5 heteroatoms. The predicted octanol–water partition coefficient (Wildman–Crippen LogP) is 2.98. The molecule has 0 aliphatic rings. The second-order valence-corrected chi connectivity index (χ2v) is 5.11. The van der Waals surface area contributed by atoms with Crippen molar-refractivity contribution in [1.82, 2.24) is 9.97 Å². The third-order valence-corrected chi connectivity index (χ3v) is 3.15. The fourth-order valence-corrected chi connectivity index (χ4v) is 2.21. The Labute approximate surface area is 125 Å². The molecule has 0 aliphatic heterocycles. The van der Waals surface area contributed by atoms with Crippen molar-refractivity contribution < 1.29 is 4.74 Å². The van der Waals surface area contributed by atoms with Crippen LogP contribution in [0.15, 0.2) is 24.3 Å². The molecule has 0 fully saturated rings. The lowest BCUT2D eigenvalue weighted by Crippen LogP contribution is -2.14. The number of rotatable bonds is 5. The van der Waals surface area contributed by atoms with E-state index in [0.717, 1.165) is 11.5 Å². The molecular formula is C16H22N4O. The van der Waals surface area contributed by atoms with Crippen LogP contribution in [0, 0.1) is 13.8 Å². The molecule has 0 spiro atoms. The second kappa shape index (κ2) is 6.54. The number of aryl methyl sites for hydroxylation is 2. The molecule has 1 aromatic heterocycles. The summed E-state index contributed by atoms with van der Waals surface area (Å²) in [4.78, 5) is 10.7. The summed E-state index contributed by atoms with van der Waals surface area (Å²) in [7, 11) is 1.97. The van der Waals surface area contributed by atoms with E-state index in [-0.39, 0.29) is 0 Å². The minimum atomic E-state index is 0.370. The van der Waals surface area contributed by atoms with Crippen molar-refractivity contribution in [3.05, 3.63) is 41.2 Å². The molecule has 1 aromatic carbocycles. The SMILES string of the molecule is CCOCc1nc(N)cc(N(C)c2cc(C)cc(C)c2)n1. The molecule has 2 N–H and O–H groups in total. The van der Waals surface area contributed by atoms with Gasteiger partial charge in [-0.2, -0.15) is 0 Å². The van der Waals surface area contributed by atoms with Gasteiger partial charge in [0.2, 0.25) is 0 Å². The van der Waals surface area contributed by atoms with Gasteiger partial charge in [-0.1, -0.05) is 6.07 Å². The maximum atomic E-state index is 5.87. The minimum absolute atomic E-state index is 0.370. The van der Waals surface area contributed by atoms with Crippen molar-refractivity contribution in [1.29, 1.82) is 0 Å². The lowest BCUT2D eigenvalue weighted by atomic mass is 10.1. The molecule has 0 saturated heterocycles. The van der Waals surface area contributed by atoms with Crippen LogP contribution in [0.2, 0.25) is 0 Å². The Kier molecular flexibility index (Phi) is 4.75. The summed E-state index contributed by atoms with van der Waals surface area (Å²) in [6.07, 6.45) is 0. The number of nitrogens with zero attached hydrogens (tertiary/aromatic N) is 3. The average molecular weight is 286 g/mol. The van der Waals surface area contributed by atoms with Crippen LogP contribution in [0.1, 0.15) is 23.9 Å². The molecule has 0 saturated carbocycles. The standard InChI is InChI=1S/C16H22N4O/c1-5-21-10-15-18-14(17)9-16(19-15)20(4)13-7-11(2)6-12(3)8-13/h6-9H,5,10H2,1-4H3,(H2,17,18,19). The summed E-state index contributed by atoms with van der Waals surface area (Å²) >= 11 is 0. The Morgan fingerprint density at radius 2 is 1.76 bits per heavy atom. The van der Waals surface area contributed by atoms with Gasteiger partial charge in [-0.25, -0.2) is 9.97 Å². The first-order valence-corrected chi connectivity index (χ1v) is 7.02. The molecule has 0 bridgehead atoms. The fourth-order valence-electron chi connectivity index (χ4n) is 2.21. The van der Waals surface area contributed by atoms with E-state index in [0.29, 0.717) is 24.9 Å². The zero-order valence-corrected chi connectivity index (χ0v) is 13.1. The Hall–Kier alpha value is -2.14. The summed E-state index contributed by atoms with van der Waals surface area (Å²) < 4.78 is 5.35. The maximum absolute atomic E-state index is 5.87. The Balaban J connectivity index is 2.33. The van der Waals surface area contributed by atoms with E-state index < -0.39 is 0 Å². The lowest BCUT2D eigenvalue weighted by molar-refractivity contribution is 0.128. The van der Waals surface area contributed by atoms with Crippen molar-refractivity contribution in [3.8, 4) is 0 Å². The highest BCUT2D eigenvalue weighted by atomic mass is 16.5. The summed E-state index contributed by atoms with van der Waals surface area (Å²) in [6.45, 7) is 7.10. The Morgan fingerprint density at radius 1 is 1.10 bits per heavy atom. The Morgan fingerprint density at radius 3 is 2.38 bits per heavy atom. The first kappa shape index (κ1) is 15.3. The predicted molar refractivity (Wildman–Crippen MR) is 85.8 cm³/mol. The number of hydrogen-bond donors (Lipinski definition) is 1. The molecular weight excluding hydrogens is 264 g/mol. The van der Waals surface area contributed by atoms with Gasteiger partial charge in [0, 0.05) is 25.4 Å². The summed E-state index contributed by atoms with van der Waals surface area (Å²) in [5.74, 6) is 1.82. The van der Waals surface area contributed by atoms with Gasteiger partial charge in [-0.15, -0.1) is 0 Å². The second-order valence-electron chi connectivity index (χ2n) is 5.11. The third kappa shape index (κ3) is 3.92. The van der Waals surface area contributed by atoms with Gasteiger partial charge in [-0.3, -0.25) is 0 Å². The van der Waals surface area contributed by atoms with Gasteiger partial charge in [0.25, 0.3) is 0 Å². The normalized spacial score (nSPS) is 10.7. The van der Waals surface area contributed by atoms with Gasteiger partial charge in [0.15, 0.2) is 5.82 Å². The van der Waals surface area contributed by atoms with Gasteiger partial charge in [0.1, 0.15) is 18.2 Å². The summed E-state index contributed by atoms with van der Waals surface area (Å²) in [5.41, 5.74) is 9.38. The molecule has 1 heterocycles. The smallest absolute Gasteiger partial charge is 0.158 e. The van der Waals surface area contributed by atoms with E-state index in [4.69, 9.17) is 10.5 Å². The number of benzene rings is 1.